The molecule has 2 rings (SSSR count). The van der Waals surface area contributed by atoms with Gasteiger partial charge < -0.3 is 25.0 Å². The molecule has 3 N–H and O–H groups in total. The van der Waals surface area contributed by atoms with Gasteiger partial charge in [0.25, 0.3) is 0 Å². The molecule has 5 atom stereocenters. The van der Waals surface area contributed by atoms with Crippen LogP contribution in [0.15, 0.2) is 5.11 Å². The number of azide groups is 1. The van der Waals surface area contributed by atoms with Gasteiger partial charge in [-0.25, -0.2) is 0 Å². The van der Waals surface area contributed by atoms with Gasteiger partial charge in [-0.05, 0) is 5.53 Å². The number of carbonyl (C=O) groups is 1. The van der Waals surface area contributed by atoms with Crippen molar-refractivity contribution < 1.29 is 37.7 Å². The Morgan fingerprint density at radius 3 is 2.76 bits per heavy atom. The summed E-state index contributed by atoms with van der Waals surface area (Å²) in [5, 5.41) is 24.6. The van der Waals surface area contributed by atoms with E-state index in [2.05, 4.69) is 10.0 Å². The van der Waals surface area contributed by atoms with Crippen LogP contribution in [0.5, 0.6) is 0 Å². The third-order valence-corrected chi connectivity index (χ3v) is 3.32. The highest BCUT2D eigenvalue weighted by Gasteiger charge is 2.60. The first-order valence-electron chi connectivity index (χ1n) is 5.75. The summed E-state index contributed by atoms with van der Waals surface area (Å²) in [7, 11) is 0. The van der Waals surface area contributed by atoms with E-state index in [-0.39, 0.29) is 13.2 Å². The fraction of sp³-hybridized carbons (Fsp3) is 0.889. The van der Waals surface area contributed by atoms with Gasteiger partial charge in [0, 0.05) is 4.91 Å². The maximum Gasteiger partial charge on any atom is 0.471 e. The predicted octanol–water partition coefficient (Wildman–Crippen LogP) is -0.809. The van der Waals surface area contributed by atoms with Gasteiger partial charge in [0.2, 0.25) is 0 Å². The summed E-state index contributed by atoms with van der Waals surface area (Å²) in [5.74, 6) is -2.29. The van der Waals surface area contributed by atoms with Gasteiger partial charge in [0.1, 0.15) is 23.9 Å². The highest BCUT2D eigenvalue weighted by Crippen LogP contribution is 2.37. The minimum atomic E-state index is -5.15. The van der Waals surface area contributed by atoms with Gasteiger partial charge in [-0.15, -0.1) is 0 Å². The Kier molecular flexibility index (Phi) is 4.00. The van der Waals surface area contributed by atoms with Crippen LogP contribution in [0.3, 0.4) is 0 Å². The molecule has 1 amide bonds. The third-order valence-electron chi connectivity index (χ3n) is 3.32. The van der Waals surface area contributed by atoms with Crippen LogP contribution < -0.4 is 5.32 Å². The van der Waals surface area contributed by atoms with Gasteiger partial charge >= 0.3 is 12.1 Å². The van der Waals surface area contributed by atoms with E-state index in [1.165, 1.54) is 5.32 Å². The molecule has 0 spiro atoms. The van der Waals surface area contributed by atoms with E-state index in [0.717, 1.165) is 0 Å². The molecule has 0 radical (unpaired) electrons. The Labute approximate surface area is 115 Å². The SMILES string of the molecule is [N-]=[N+]=NC[C@@]12CO[C@@H](O1)[C@H](NC(=O)C(F)(F)F)[C@@H](O)[C@H]2O. The van der Waals surface area contributed by atoms with E-state index in [9.17, 15) is 28.2 Å². The largest absolute Gasteiger partial charge is 0.471 e. The van der Waals surface area contributed by atoms with E-state index >= 15 is 0 Å². The summed E-state index contributed by atoms with van der Waals surface area (Å²) in [6.07, 6.45) is -10.0. The topological polar surface area (TPSA) is 137 Å². The number of alkyl halides is 3. The summed E-state index contributed by atoms with van der Waals surface area (Å²) in [6.45, 7) is -0.675. The summed E-state index contributed by atoms with van der Waals surface area (Å²) in [6, 6.07) is -1.60. The number of nitrogens with one attached hydrogen (secondary N) is 1. The Morgan fingerprint density at radius 1 is 1.52 bits per heavy atom. The van der Waals surface area contributed by atoms with Gasteiger partial charge in [0.05, 0.1) is 13.2 Å². The lowest BCUT2D eigenvalue weighted by Gasteiger charge is -2.42. The first-order chi connectivity index (χ1) is 9.71. The monoisotopic (exact) mass is 312 g/mol. The molecule has 0 unspecified atom stereocenters. The maximum atomic E-state index is 12.2. The van der Waals surface area contributed by atoms with Crippen LogP contribution in [0.25, 0.3) is 10.4 Å². The van der Waals surface area contributed by atoms with E-state index in [1.807, 2.05) is 0 Å². The average molecular weight is 312 g/mol. The Morgan fingerprint density at radius 2 is 2.19 bits per heavy atom. The number of hydrogen-bond acceptors (Lipinski definition) is 6. The number of aliphatic hydroxyl groups excluding tert-OH is 2. The minimum Gasteiger partial charge on any atom is -0.388 e. The van der Waals surface area contributed by atoms with Crippen molar-refractivity contribution in [1.82, 2.24) is 5.32 Å². The number of halogens is 3. The zero-order valence-corrected chi connectivity index (χ0v) is 10.3. The summed E-state index contributed by atoms with van der Waals surface area (Å²) >= 11 is 0. The fourth-order valence-corrected chi connectivity index (χ4v) is 2.24. The van der Waals surface area contributed by atoms with Gasteiger partial charge in [-0.3, -0.25) is 4.79 Å². The number of carbonyl (C=O) groups excluding carboxylic acids is 1. The zero-order chi connectivity index (χ0) is 15.8. The number of rotatable bonds is 3. The van der Waals surface area contributed by atoms with Crippen molar-refractivity contribution in [3.05, 3.63) is 10.4 Å². The molecule has 0 aliphatic carbocycles. The van der Waals surface area contributed by atoms with Crippen molar-refractivity contribution in [3.8, 4) is 0 Å². The van der Waals surface area contributed by atoms with Crippen LogP contribution in [0.2, 0.25) is 0 Å². The van der Waals surface area contributed by atoms with Gasteiger partial charge in [-0.1, -0.05) is 5.11 Å². The Hall–Kier alpha value is -1.59. The molecule has 0 aromatic carbocycles. The van der Waals surface area contributed by atoms with E-state index in [1.54, 1.807) is 0 Å². The van der Waals surface area contributed by atoms with Crippen LogP contribution >= 0.6 is 0 Å². The molecule has 0 aromatic heterocycles. The number of nitrogens with zero attached hydrogens (tertiary/aromatic N) is 3. The normalized spacial score (nSPS) is 38.7. The Bertz CT molecular complexity index is 482. The van der Waals surface area contributed by atoms with Crippen molar-refractivity contribution in [2.24, 2.45) is 5.11 Å². The predicted molar refractivity (Wildman–Crippen MR) is 57.6 cm³/mol. The van der Waals surface area contributed by atoms with E-state index in [4.69, 9.17) is 15.0 Å². The third kappa shape index (κ3) is 2.76. The van der Waals surface area contributed by atoms with E-state index in [0.29, 0.717) is 0 Å². The molecular formula is C9H11F3N4O5. The van der Waals surface area contributed by atoms with E-state index < -0.39 is 42.2 Å². The number of amides is 1. The second-order valence-electron chi connectivity index (χ2n) is 4.68. The lowest BCUT2D eigenvalue weighted by molar-refractivity contribution is -0.225. The molecule has 0 saturated carbocycles. The van der Waals surface area contributed by atoms with Crippen molar-refractivity contribution >= 4 is 5.91 Å². The first-order valence-corrected chi connectivity index (χ1v) is 5.75. The number of fused-ring (bicyclic) bond motifs is 2. The smallest absolute Gasteiger partial charge is 0.388 e. The van der Waals surface area contributed by atoms with Crippen LogP contribution in [0, 0.1) is 0 Å². The lowest BCUT2D eigenvalue weighted by Crippen LogP contribution is -2.67. The molecule has 2 aliphatic rings. The molecule has 2 bridgehead atoms. The first kappa shape index (κ1) is 15.8. The molecule has 2 aliphatic heterocycles. The molecule has 21 heavy (non-hydrogen) atoms. The molecule has 9 nitrogen and oxygen atoms in total. The second kappa shape index (κ2) is 5.31. The quantitative estimate of drug-likeness (QED) is 0.355. The van der Waals surface area contributed by atoms with Crippen LogP contribution in [0.4, 0.5) is 13.2 Å². The van der Waals surface area contributed by atoms with Crippen LogP contribution in [-0.4, -0.2) is 65.6 Å². The number of aliphatic hydroxyl groups is 2. The summed E-state index contributed by atoms with van der Waals surface area (Å²) in [5.41, 5.74) is 6.72. The second-order valence-corrected chi connectivity index (χ2v) is 4.68. The molecule has 118 valence electrons. The van der Waals surface area contributed by atoms with Crippen LogP contribution in [-0.2, 0) is 14.3 Å². The molecule has 2 fully saturated rings. The van der Waals surface area contributed by atoms with Crippen LogP contribution in [0.1, 0.15) is 0 Å². The minimum absolute atomic E-state index is 0.298. The molecule has 12 heteroatoms. The number of ether oxygens (including phenoxy) is 2. The summed E-state index contributed by atoms with van der Waals surface area (Å²) in [4.78, 5) is 13.4. The molecule has 0 aromatic rings. The van der Waals surface area contributed by atoms with Crippen molar-refractivity contribution in [2.75, 3.05) is 13.2 Å². The lowest BCUT2D eigenvalue weighted by atomic mass is 9.88. The fourth-order valence-electron chi connectivity index (χ4n) is 2.24. The summed E-state index contributed by atoms with van der Waals surface area (Å²) < 4.78 is 46.9. The maximum absolute atomic E-state index is 12.2. The van der Waals surface area contributed by atoms with Gasteiger partial charge in [0.15, 0.2) is 6.29 Å². The molecular weight excluding hydrogens is 301 g/mol. The van der Waals surface area contributed by atoms with Gasteiger partial charge in [-0.2, -0.15) is 13.2 Å². The highest BCUT2D eigenvalue weighted by molar-refractivity contribution is 5.82. The molecule has 2 heterocycles. The van der Waals surface area contributed by atoms with Crippen molar-refractivity contribution in [1.29, 1.82) is 0 Å². The average Bonchev–Trinajstić information content (AvgIpc) is 2.81. The van der Waals surface area contributed by atoms with Crippen molar-refractivity contribution in [2.45, 2.75) is 36.3 Å². The Balaban J connectivity index is 2.15. The number of hydrogen-bond donors (Lipinski definition) is 3. The highest BCUT2D eigenvalue weighted by atomic mass is 19.4. The zero-order valence-electron chi connectivity index (χ0n) is 10.3. The molecule has 2 saturated heterocycles. The standard InChI is InChI=1S/C9H11F3N4O5/c10-9(11,12)7(19)15-3-4(17)5(18)8(1-14-16-13)2-20-6(3)21-8/h3-6,17-18H,1-2H2,(H,15,19)/t3-,4-,5-,6+,8+/m1/s1. The van der Waals surface area contributed by atoms with Crippen molar-refractivity contribution in [3.63, 3.8) is 0 Å².